The van der Waals surface area contributed by atoms with Gasteiger partial charge in [0.2, 0.25) is 0 Å². The van der Waals surface area contributed by atoms with Crippen LogP contribution in [0, 0.1) is 17.2 Å². The quantitative estimate of drug-likeness (QED) is 0.324. The van der Waals surface area contributed by atoms with Crippen LogP contribution < -0.4 is 9.47 Å². The first-order valence-electron chi connectivity index (χ1n) is 13.4. The van der Waals surface area contributed by atoms with E-state index in [4.69, 9.17) is 14.2 Å². The van der Waals surface area contributed by atoms with E-state index in [1.54, 1.807) is 26.4 Å². The van der Waals surface area contributed by atoms with Crippen molar-refractivity contribution in [1.82, 2.24) is 0 Å². The highest BCUT2D eigenvalue weighted by atomic mass is 19.1. The van der Waals surface area contributed by atoms with E-state index in [1.165, 1.54) is 42.9 Å². The fraction of sp³-hybridized carbons (Fsp3) is 0.455. The molecule has 0 heterocycles. The van der Waals surface area contributed by atoms with Crippen molar-refractivity contribution in [2.24, 2.45) is 11.3 Å². The van der Waals surface area contributed by atoms with Gasteiger partial charge in [-0.25, -0.2) is 4.39 Å². The highest BCUT2D eigenvalue weighted by molar-refractivity contribution is 5.70. The topological polar surface area (TPSA) is 27.7 Å². The SMILES string of the molecule is COc1ccc(F)c(-c2ccc(COc3ccc4c(c3)[C@]3(CC4)CC[C@H]3C)cc2[C@@H](OC)C(C)(C)C)c1. The molecule has 5 rings (SSSR count). The van der Waals surface area contributed by atoms with Gasteiger partial charge in [0.1, 0.15) is 23.9 Å². The zero-order chi connectivity index (χ0) is 26.4. The van der Waals surface area contributed by atoms with Crippen molar-refractivity contribution < 1.29 is 18.6 Å². The summed E-state index contributed by atoms with van der Waals surface area (Å²) in [4.78, 5) is 0. The smallest absolute Gasteiger partial charge is 0.131 e. The minimum Gasteiger partial charge on any atom is -0.497 e. The zero-order valence-electron chi connectivity index (χ0n) is 23.0. The molecule has 3 aromatic carbocycles. The second-order valence-electron chi connectivity index (χ2n) is 12.0. The number of rotatable bonds is 7. The number of fused-ring (bicyclic) bond motifs is 2. The lowest BCUT2D eigenvalue weighted by Gasteiger charge is -2.46. The third-order valence-corrected chi connectivity index (χ3v) is 8.71. The summed E-state index contributed by atoms with van der Waals surface area (Å²) in [6, 6.07) is 17.6. The van der Waals surface area contributed by atoms with Gasteiger partial charge in [-0.1, -0.05) is 45.9 Å². The summed E-state index contributed by atoms with van der Waals surface area (Å²) in [6.07, 6.45) is 4.83. The van der Waals surface area contributed by atoms with Crippen molar-refractivity contribution in [3.63, 3.8) is 0 Å². The largest absolute Gasteiger partial charge is 0.497 e. The molecule has 0 bridgehead atoms. The molecule has 0 radical (unpaired) electrons. The Kier molecular flexibility index (Phi) is 6.83. The van der Waals surface area contributed by atoms with Crippen LogP contribution in [0.5, 0.6) is 11.5 Å². The highest BCUT2D eigenvalue weighted by Gasteiger charge is 2.49. The predicted molar refractivity (Wildman–Crippen MR) is 147 cm³/mol. The van der Waals surface area contributed by atoms with E-state index in [1.807, 2.05) is 12.1 Å². The minimum absolute atomic E-state index is 0.188. The van der Waals surface area contributed by atoms with Crippen molar-refractivity contribution in [3.05, 3.63) is 82.7 Å². The zero-order valence-corrected chi connectivity index (χ0v) is 23.0. The average molecular weight is 503 g/mol. The summed E-state index contributed by atoms with van der Waals surface area (Å²) in [5, 5.41) is 0. The van der Waals surface area contributed by atoms with Gasteiger partial charge in [0.05, 0.1) is 13.2 Å². The Morgan fingerprint density at radius 1 is 0.946 bits per heavy atom. The number of ether oxygens (including phenoxy) is 3. The summed E-state index contributed by atoms with van der Waals surface area (Å²) >= 11 is 0. The van der Waals surface area contributed by atoms with Crippen LogP contribution in [-0.2, 0) is 23.2 Å². The van der Waals surface area contributed by atoms with Crippen molar-refractivity contribution in [1.29, 1.82) is 0 Å². The van der Waals surface area contributed by atoms with Gasteiger partial charge >= 0.3 is 0 Å². The van der Waals surface area contributed by atoms with Crippen molar-refractivity contribution in [2.75, 3.05) is 14.2 Å². The van der Waals surface area contributed by atoms with E-state index in [2.05, 4.69) is 52.0 Å². The van der Waals surface area contributed by atoms with Crippen LogP contribution >= 0.6 is 0 Å². The first-order chi connectivity index (χ1) is 17.7. The fourth-order valence-electron chi connectivity index (χ4n) is 6.49. The number of halogens is 1. The van der Waals surface area contributed by atoms with Gasteiger partial charge in [-0.2, -0.15) is 0 Å². The Labute approximate surface area is 221 Å². The third-order valence-electron chi connectivity index (χ3n) is 8.71. The summed E-state index contributed by atoms with van der Waals surface area (Å²) in [7, 11) is 3.31. The van der Waals surface area contributed by atoms with Crippen LogP contribution in [-0.4, -0.2) is 14.2 Å². The molecular formula is C33H39FO3. The molecule has 3 nitrogen and oxygen atoms in total. The van der Waals surface area contributed by atoms with Crippen LogP contribution in [0.2, 0.25) is 0 Å². The van der Waals surface area contributed by atoms with Crippen LogP contribution in [0.25, 0.3) is 11.1 Å². The van der Waals surface area contributed by atoms with E-state index in [9.17, 15) is 0 Å². The van der Waals surface area contributed by atoms with E-state index >= 15 is 4.39 Å². The highest BCUT2D eigenvalue weighted by Crippen LogP contribution is 2.56. The van der Waals surface area contributed by atoms with E-state index < -0.39 is 0 Å². The summed E-state index contributed by atoms with van der Waals surface area (Å²) in [5.74, 6) is 2.00. The second kappa shape index (κ2) is 9.79. The minimum atomic E-state index is -0.285. The number of hydrogen-bond donors (Lipinski definition) is 0. The standard InChI is InChI=1S/C33H39FO3/c1-21-13-15-33(21)16-14-23-8-9-25(19-29(23)33)37-20-22-7-11-26(27-18-24(35-5)10-12-30(27)34)28(17-22)31(36-6)32(2,3)4/h7-12,17-19,21,31H,13-16,20H2,1-6H3/t21-,31-,33+/m1/s1. The maximum absolute atomic E-state index is 15.0. The molecule has 196 valence electrons. The van der Waals surface area contributed by atoms with Gasteiger partial charge in [0, 0.05) is 12.7 Å². The molecule has 0 unspecified atom stereocenters. The second-order valence-corrected chi connectivity index (χ2v) is 12.0. The maximum atomic E-state index is 15.0. The van der Waals surface area contributed by atoms with Crippen LogP contribution in [0.4, 0.5) is 4.39 Å². The van der Waals surface area contributed by atoms with Crippen LogP contribution in [0.1, 0.15) is 75.3 Å². The molecule has 37 heavy (non-hydrogen) atoms. The van der Waals surface area contributed by atoms with Gasteiger partial charge < -0.3 is 14.2 Å². The number of hydrogen-bond acceptors (Lipinski definition) is 3. The van der Waals surface area contributed by atoms with Crippen molar-refractivity contribution in [3.8, 4) is 22.6 Å². The van der Waals surface area contributed by atoms with Crippen LogP contribution in [0.3, 0.4) is 0 Å². The maximum Gasteiger partial charge on any atom is 0.131 e. The lowest BCUT2D eigenvalue weighted by atomic mass is 9.58. The lowest BCUT2D eigenvalue weighted by Crippen LogP contribution is -2.40. The molecule has 0 N–H and O–H groups in total. The van der Waals surface area contributed by atoms with Gasteiger partial charge in [-0.3, -0.25) is 0 Å². The molecular weight excluding hydrogens is 463 g/mol. The first-order valence-corrected chi connectivity index (χ1v) is 13.4. The Balaban J connectivity index is 1.47. The third kappa shape index (κ3) is 4.65. The molecule has 0 saturated heterocycles. The normalized spacial score (nSPS) is 21.4. The Morgan fingerprint density at radius 3 is 2.38 bits per heavy atom. The molecule has 0 aromatic heterocycles. The summed E-state index contributed by atoms with van der Waals surface area (Å²) in [5.41, 5.74) is 6.45. The molecule has 2 aliphatic rings. The number of methoxy groups -OCH3 is 2. The fourth-order valence-corrected chi connectivity index (χ4v) is 6.49. The molecule has 3 aromatic rings. The van der Waals surface area contributed by atoms with Gasteiger partial charge in [0.25, 0.3) is 0 Å². The van der Waals surface area contributed by atoms with Gasteiger partial charge in [-0.05, 0) is 107 Å². The summed E-state index contributed by atoms with van der Waals surface area (Å²) < 4.78 is 32.7. The molecule has 1 saturated carbocycles. The Bertz CT molecular complexity index is 1290. The monoisotopic (exact) mass is 502 g/mol. The molecule has 1 fully saturated rings. The molecule has 0 aliphatic heterocycles. The predicted octanol–water partition coefficient (Wildman–Crippen LogP) is 8.43. The molecule has 1 spiro atoms. The number of benzene rings is 3. The molecule has 2 aliphatic carbocycles. The number of aryl methyl sites for hydroxylation is 1. The van der Waals surface area contributed by atoms with E-state index in [0.29, 0.717) is 23.3 Å². The van der Waals surface area contributed by atoms with Crippen LogP contribution in [0.15, 0.2) is 54.6 Å². The molecule has 3 atom stereocenters. The molecule has 4 heteroatoms. The van der Waals surface area contributed by atoms with E-state index in [-0.39, 0.29) is 17.3 Å². The first kappa shape index (κ1) is 25.8. The molecule has 0 amide bonds. The van der Waals surface area contributed by atoms with E-state index in [0.717, 1.165) is 28.4 Å². The van der Waals surface area contributed by atoms with Crippen molar-refractivity contribution in [2.45, 2.75) is 71.5 Å². The Hall–Kier alpha value is -2.85. The lowest BCUT2D eigenvalue weighted by molar-refractivity contribution is 0.0155. The average Bonchev–Trinajstić information content (AvgIpc) is 3.28. The summed E-state index contributed by atoms with van der Waals surface area (Å²) in [6.45, 7) is 9.24. The van der Waals surface area contributed by atoms with Crippen molar-refractivity contribution >= 4 is 0 Å². The van der Waals surface area contributed by atoms with Gasteiger partial charge in [-0.15, -0.1) is 0 Å². The van der Waals surface area contributed by atoms with Gasteiger partial charge in [0.15, 0.2) is 0 Å². The Morgan fingerprint density at radius 2 is 1.73 bits per heavy atom.